The van der Waals surface area contributed by atoms with Crippen molar-refractivity contribution in [1.29, 1.82) is 0 Å². The normalized spacial score (nSPS) is 24.9. The lowest BCUT2D eigenvalue weighted by Crippen LogP contribution is -2.35. The number of rotatable bonds is 4. The minimum absolute atomic E-state index is 0.297. The summed E-state index contributed by atoms with van der Waals surface area (Å²) in [7, 11) is 0. The van der Waals surface area contributed by atoms with Gasteiger partial charge in [0.05, 0.1) is 12.7 Å². The molecule has 3 heteroatoms. The maximum absolute atomic E-state index is 9.10. The fourth-order valence-corrected chi connectivity index (χ4v) is 1.81. The Morgan fingerprint density at radius 2 is 1.93 bits per heavy atom. The number of phenols is 1. The molecule has 1 aliphatic rings. The van der Waals surface area contributed by atoms with Crippen LogP contribution < -0.4 is 5.73 Å². The maximum atomic E-state index is 9.10. The number of ether oxygens (including phenoxy) is 1. The molecule has 0 radical (unpaired) electrons. The van der Waals surface area contributed by atoms with E-state index in [1.165, 1.54) is 0 Å². The Morgan fingerprint density at radius 3 is 2.53 bits per heavy atom. The summed E-state index contributed by atoms with van der Waals surface area (Å²) in [5.74, 6) is 0.959. The molecule has 1 aromatic carbocycles. The first-order valence-electron chi connectivity index (χ1n) is 5.37. The third kappa shape index (κ3) is 2.70. The summed E-state index contributed by atoms with van der Waals surface area (Å²) < 4.78 is 5.70. The van der Waals surface area contributed by atoms with E-state index in [9.17, 15) is 0 Å². The lowest BCUT2D eigenvalue weighted by molar-refractivity contribution is -0.0376. The molecule has 1 fully saturated rings. The summed E-state index contributed by atoms with van der Waals surface area (Å²) in [6, 6.07) is 7.13. The Balaban J connectivity index is 1.72. The number of hydrogen-bond acceptors (Lipinski definition) is 3. The summed E-state index contributed by atoms with van der Waals surface area (Å²) >= 11 is 0. The predicted molar refractivity (Wildman–Crippen MR) is 58.5 cm³/mol. The quantitative estimate of drug-likeness (QED) is 0.789. The summed E-state index contributed by atoms with van der Waals surface area (Å²) in [5.41, 5.74) is 6.64. The fraction of sp³-hybridized carbons (Fsp3) is 0.500. The van der Waals surface area contributed by atoms with E-state index in [0.29, 0.717) is 24.4 Å². The van der Waals surface area contributed by atoms with Crippen LogP contribution in [0.3, 0.4) is 0 Å². The fourth-order valence-electron chi connectivity index (χ4n) is 1.81. The molecule has 1 aromatic rings. The monoisotopic (exact) mass is 207 g/mol. The van der Waals surface area contributed by atoms with Crippen LogP contribution in [0, 0.1) is 5.92 Å². The zero-order valence-electron chi connectivity index (χ0n) is 8.73. The van der Waals surface area contributed by atoms with Gasteiger partial charge in [0.2, 0.25) is 0 Å². The van der Waals surface area contributed by atoms with E-state index in [-0.39, 0.29) is 0 Å². The zero-order valence-corrected chi connectivity index (χ0v) is 8.73. The van der Waals surface area contributed by atoms with Crippen molar-refractivity contribution >= 4 is 0 Å². The van der Waals surface area contributed by atoms with Crippen molar-refractivity contribution in [2.45, 2.75) is 25.6 Å². The topological polar surface area (TPSA) is 55.5 Å². The van der Waals surface area contributed by atoms with Gasteiger partial charge in [0.25, 0.3) is 0 Å². The Bertz CT molecular complexity index is 304. The van der Waals surface area contributed by atoms with Crippen LogP contribution >= 0.6 is 0 Å². The van der Waals surface area contributed by atoms with Gasteiger partial charge in [0, 0.05) is 0 Å². The summed E-state index contributed by atoms with van der Waals surface area (Å²) in [5, 5.41) is 9.10. The van der Waals surface area contributed by atoms with Gasteiger partial charge in [-0.2, -0.15) is 0 Å². The molecule has 0 spiro atoms. The molecule has 0 heterocycles. The second-order valence-corrected chi connectivity index (χ2v) is 4.17. The van der Waals surface area contributed by atoms with Gasteiger partial charge in [0.15, 0.2) is 0 Å². The zero-order chi connectivity index (χ0) is 10.7. The van der Waals surface area contributed by atoms with Crippen molar-refractivity contribution in [2.24, 2.45) is 11.7 Å². The Morgan fingerprint density at radius 1 is 1.27 bits per heavy atom. The molecule has 3 nitrogen and oxygen atoms in total. The lowest BCUT2D eigenvalue weighted by atomic mass is 9.82. The first kappa shape index (κ1) is 10.5. The van der Waals surface area contributed by atoms with Crippen LogP contribution in [0.2, 0.25) is 0 Å². The Labute approximate surface area is 89.9 Å². The molecule has 0 saturated heterocycles. The molecule has 0 amide bonds. The van der Waals surface area contributed by atoms with Gasteiger partial charge < -0.3 is 15.6 Å². The second-order valence-electron chi connectivity index (χ2n) is 4.17. The van der Waals surface area contributed by atoms with Gasteiger partial charge in [-0.3, -0.25) is 0 Å². The highest BCUT2D eigenvalue weighted by Crippen LogP contribution is 2.29. The summed E-state index contributed by atoms with van der Waals surface area (Å²) in [6.45, 7) is 1.40. The molecular weight excluding hydrogens is 190 g/mol. The van der Waals surface area contributed by atoms with E-state index in [4.69, 9.17) is 15.6 Å². The molecule has 0 aromatic heterocycles. The SMILES string of the molecule is NCC1CC(OCc2ccc(O)cc2)C1. The highest BCUT2D eigenvalue weighted by atomic mass is 16.5. The largest absolute Gasteiger partial charge is 0.508 e. The van der Waals surface area contributed by atoms with Crippen molar-refractivity contribution in [3.8, 4) is 5.75 Å². The van der Waals surface area contributed by atoms with Crippen molar-refractivity contribution in [3.05, 3.63) is 29.8 Å². The van der Waals surface area contributed by atoms with Gasteiger partial charge >= 0.3 is 0 Å². The summed E-state index contributed by atoms with van der Waals surface area (Å²) in [4.78, 5) is 0. The first-order chi connectivity index (χ1) is 7.28. The smallest absolute Gasteiger partial charge is 0.115 e. The molecule has 0 aliphatic heterocycles. The van der Waals surface area contributed by atoms with Gasteiger partial charge in [-0.1, -0.05) is 12.1 Å². The number of phenolic OH excluding ortho intramolecular Hbond substituents is 1. The van der Waals surface area contributed by atoms with Crippen LogP contribution in [0.15, 0.2) is 24.3 Å². The van der Waals surface area contributed by atoms with E-state index in [1.807, 2.05) is 12.1 Å². The molecule has 0 unspecified atom stereocenters. The number of benzene rings is 1. The van der Waals surface area contributed by atoms with Gasteiger partial charge in [-0.15, -0.1) is 0 Å². The van der Waals surface area contributed by atoms with E-state index >= 15 is 0 Å². The molecule has 0 bridgehead atoms. The first-order valence-corrected chi connectivity index (χ1v) is 5.37. The third-order valence-corrected chi connectivity index (χ3v) is 2.95. The molecule has 1 saturated carbocycles. The highest BCUT2D eigenvalue weighted by molar-refractivity contribution is 5.25. The average molecular weight is 207 g/mol. The number of nitrogens with two attached hydrogens (primary N) is 1. The van der Waals surface area contributed by atoms with E-state index in [1.54, 1.807) is 12.1 Å². The predicted octanol–water partition coefficient (Wildman–Crippen LogP) is 1.65. The van der Waals surface area contributed by atoms with Gasteiger partial charge in [-0.25, -0.2) is 0 Å². The highest BCUT2D eigenvalue weighted by Gasteiger charge is 2.28. The summed E-state index contributed by atoms with van der Waals surface area (Å²) in [6.07, 6.45) is 2.57. The lowest BCUT2D eigenvalue weighted by Gasteiger charge is -2.34. The Kier molecular flexibility index (Phi) is 3.23. The van der Waals surface area contributed by atoms with Crippen LogP contribution in [0.25, 0.3) is 0 Å². The van der Waals surface area contributed by atoms with Crippen LogP contribution in [-0.4, -0.2) is 17.8 Å². The molecule has 1 aliphatic carbocycles. The van der Waals surface area contributed by atoms with Crippen molar-refractivity contribution in [3.63, 3.8) is 0 Å². The van der Waals surface area contributed by atoms with Crippen molar-refractivity contribution < 1.29 is 9.84 Å². The van der Waals surface area contributed by atoms with Crippen molar-refractivity contribution in [1.82, 2.24) is 0 Å². The Hall–Kier alpha value is -1.06. The number of aromatic hydroxyl groups is 1. The van der Waals surface area contributed by atoms with Crippen LogP contribution in [0.5, 0.6) is 5.75 Å². The molecule has 82 valence electrons. The van der Waals surface area contributed by atoms with E-state index in [0.717, 1.165) is 24.9 Å². The molecular formula is C12H17NO2. The molecule has 15 heavy (non-hydrogen) atoms. The molecule has 0 atom stereocenters. The molecule has 3 N–H and O–H groups in total. The average Bonchev–Trinajstić information content (AvgIpc) is 2.19. The van der Waals surface area contributed by atoms with Gasteiger partial charge in [-0.05, 0) is 43.0 Å². The van der Waals surface area contributed by atoms with Crippen LogP contribution in [0.4, 0.5) is 0 Å². The van der Waals surface area contributed by atoms with E-state index in [2.05, 4.69) is 0 Å². The second kappa shape index (κ2) is 4.64. The number of hydrogen-bond donors (Lipinski definition) is 2. The third-order valence-electron chi connectivity index (χ3n) is 2.95. The van der Waals surface area contributed by atoms with Gasteiger partial charge in [0.1, 0.15) is 5.75 Å². The minimum Gasteiger partial charge on any atom is -0.508 e. The van der Waals surface area contributed by atoms with Crippen LogP contribution in [0.1, 0.15) is 18.4 Å². The molecule has 2 rings (SSSR count). The maximum Gasteiger partial charge on any atom is 0.115 e. The minimum atomic E-state index is 0.297. The van der Waals surface area contributed by atoms with Crippen LogP contribution in [-0.2, 0) is 11.3 Å². The van der Waals surface area contributed by atoms with Crippen molar-refractivity contribution in [2.75, 3.05) is 6.54 Å². The standard InChI is InChI=1S/C12H17NO2/c13-7-10-5-12(6-10)15-8-9-1-3-11(14)4-2-9/h1-4,10,12,14H,5-8,13H2. The van der Waals surface area contributed by atoms with E-state index < -0.39 is 0 Å².